The van der Waals surface area contributed by atoms with E-state index in [9.17, 15) is 0 Å². The number of benzene rings is 1. The number of anilines is 2. The van der Waals surface area contributed by atoms with Gasteiger partial charge in [0.2, 0.25) is 0 Å². The summed E-state index contributed by atoms with van der Waals surface area (Å²) in [6, 6.07) is 11.0. The number of rotatable bonds is 1. The van der Waals surface area contributed by atoms with Gasteiger partial charge in [0.15, 0.2) is 0 Å². The molecule has 0 spiro atoms. The number of fused-ring (bicyclic) bond motifs is 4. The van der Waals surface area contributed by atoms with Gasteiger partial charge in [0.05, 0.1) is 5.52 Å². The van der Waals surface area contributed by atoms with Gasteiger partial charge in [0, 0.05) is 23.7 Å². The Morgan fingerprint density at radius 2 is 1.89 bits per heavy atom. The predicted octanol–water partition coefficient (Wildman–Crippen LogP) is 3.20. The molecule has 2 aromatic rings. The Balaban J connectivity index is 1.73. The summed E-state index contributed by atoms with van der Waals surface area (Å²) in [5.74, 6) is 2.03. The average molecular weight is 253 g/mol. The molecule has 3 nitrogen and oxygen atoms in total. The Hall–Kier alpha value is -1.77. The maximum atomic E-state index is 5.82. The molecular weight excluding hydrogens is 234 g/mol. The minimum absolute atomic E-state index is 0.712. The molecule has 0 atom stereocenters. The monoisotopic (exact) mass is 253 g/mol. The summed E-state index contributed by atoms with van der Waals surface area (Å²) in [5, 5.41) is 1.13. The van der Waals surface area contributed by atoms with Crippen LogP contribution in [0, 0.1) is 5.92 Å². The molecule has 1 aromatic heterocycles. The van der Waals surface area contributed by atoms with Crippen molar-refractivity contribution in [2.24, 2.45) is 5.92 Å². The van der Waals surface area contributed by atoms with E-state index in [0.29, 0.717) is 6.04 Å². The Labute approximate surface area is 113 Å². The fourth-order valence-electron chi connectivity index (χ4n) is 3.64. The van der Waals surface area contributed by atoms with Crippen LogP contribution in [0.15, 0.2) is 30.3 Å². The third-order valence-electron chi connectivity index (χ3n) is 4.70. The summed E-state index contributed by atoms with van der Waals surface area (Å²) in [7, 11) is 0. The molecule has 0 unspecified atom stereocenters. The van der Waals surface area contributed by atoms with Crippen LogP contribution in [-0.2, 0) is 0 Å². The van der Waals surface area contributed by atoms with E-state index in [1.807, 2.05) is 18.2 Å². The van der Waals surface area contributed by atoms with E-state index in [-0.39, 0.29) is 0 Å². The highest BCUT2D eigenvalue weighted by Gasteiger charge is 2.34. The fraction of sp³-hybridized carbons (Fsp3) is 0.438. The second-order valence-corrected chi connectivity index (χ2v) is 5.95. The van der Waals surface area contributed by atoms with Gasteiger partial charge in [-0.2, -0.15) is 0 Å². The van der Waals surface area contributed by atoms with Gasteiger partial charge in [-0.1, -0.05) is 0 Å². The number of aromatic nitrogens is 1. The summed E-state index contributed by atoms with van der Waals surface area (Å²) in [6.07, 6.45) is 5.49. The molecule has 19 heavy (non-hydrogen) atoms. The van der Waals surface area contributed by atoms with Crippen molar-refractivity contribution in [3.63, 3.8) is 0 Å². The van der Waals surface area contributed by atoms with Gasteiger partial charge in [-0.3, -0.25) is 0 Å². The first-order valence-electron chi connectivity index (χ1n) is 7.22. The highest BCUT2D eigenvalue weighted by molar-refractivity contribution is 5.83. The van der Waals surface area contributed by atoms with Crippen LogP contribution < -0.4 is 10.6 Å². The molecule has 2 bridgehead atoms. The van der Waals surface area contributed by atoms with Crippen molar-refractivity contribution in [3.8, 4) is 0 Å². The van der Waals surface area contributed by atoms with Crippen molar-refractivity contribution >= 4 is 22.4 Å². The first-order valence-corrected chi connectivity index (χ1v) is 7.22. The second-order valence-electron chi connectivity index (χ2n) is 5.95. The summed E-state index contributed by atoms with van der Waals surface area (Å²) >= 11 is 0. The first-order chi connectivity index (χ1) is 9.29. The molecule has 3 heteroatoms. The molecule has 3 aliphatic rings. The molecule has 0 amide bonds. The van der Waals surface area contributed by atoms with E-state index in [1.54, 1.807) is 0 Å². The van der Waals surface area contributed by atoms with Crippen molar-refractivity contribution in [1.29, 1.82) is 0 Å². The third kappa shape index (κ3) is 1.84. The van der Waals surface area contributed by atoms with Crippen LogP contribution >= 0.6 is 0 Å². The molecule has 1 saturated carbocycles. The molecule has 2 aliphatic heterocycles. The second kappa shape index (κ2) is 4.12. The smallest absolute Gasteiger partial charge is 0.129 e. The van der Waals surface area contributed by atoms with E-state index >= 15 is 0 Å². The minimum Gasteiger partial charge on any atom is -0.399 e. The quantitative estimate of drug-likeness (QED) is 0.794. The maximum Gasteiger partial charge on any atom is 0.129 e. The number of nitrogens with two attached hydrogens (primary N) is 1. The summed E-state index contributed by atoms with van der Waals surface area (Å²) in [4.78, 5) is 7.35. The fourth-order valence-corrected chi connectivity index (χ4v) is 3.64. The molecule has 1 aromatic carbocycles. The Morgan fingerprint density at radius 3 is 2.63 bits per heavy atom. The average Bonchev–Trinajstić information content (AvgIpc) is 2.48. The largest absolute Gasteiger partial charge is 0.399 e. The van der Waals surface area contributed by atoms with Crippen molar-refractivity contribution < 1.29 is 0 Å². The van der Waals surface area contributed by atoms with Crippen molar-refractivity contribution in [3.05, 3.63) is 30.3 Å². The minimum atomic E-state index is 0.712. The van der Waals surface area contributed by atoms with Crippen LogP contribution in [0.25, 0.3) is 10.9 Å². The number of nitrogens with zero attached hydrogens (tertiary/aromatic N) is 2. The zero-order valence-electron chi connectivity index (χ0n) is 11.0. The Kier molecular flexibility index (Phi) is 2.40. The maximum absolute atomic E-state index is 5.82. The molecule has 98 valence electrons. The lowest BCUT2D eigenvalue weighted by molar-refractivity contribution is 0.251. The molecule has 5 rings (SSSR count). The van der Waals surface area contributed by atoms with E-state index in [2.05, 4.69) is 17.0 Å². The van der Waals surface area contributed by atoms with Gasteiger partial charge in [-0.15, -0.1) is 0 Å². The van der Waals surface area contributed by atoms with Crippen LogP contribution in [0.4, 0.5) is 11.5 Å². The summed E-state index contributed by atoms with van der Waals surface area (Å²) < 4.78 is 0. The van der Waals surface area contributed by atoms with Crippen molar-refractivity contribution in [2.75, 3.05) is 17.2 Å². The topological polar surface area (TPSA) is 42.1 Å². The Bertz CT molecular complexity index is 614. The van der Waals surface area contributed by atoms with E-state index in [0.717, 1.165) is 28.3 Å². The van der Waals surface area contributed by atoms with Crippen molar-refractivity contribution in [1.82, 2.24) is 4.98 Å². The van der Waals surface area contributed by atoms with Gasteiger partial charge in [0.25, 0.3) is 0 Å². The lowest BCUT2D eigenvalue weighted by atomic mass is 9.80. The molecule has 2 N–H and O–H groups in total. The lowest BCUT2D eigenvalue weighted by Crippen LogP contribution is -2.48. The van der Waals surface area contributed by atoms with Crippen LogP contribution in [0.1, 0.15) is 25.7 Å². The van der Waals surface area contributed by atoms with E-state index < -0.39 is 0 Å². The number of pyridine rings is 1. The van der Waals surface area contributed by atoms with Crippen LogP contribution in [-0.4, -0.2) is 17.6 Å². The summed E-state index contributed by atoms with van der Waals surface area (Å²) in [6.45, 7) is 1.19. The third-order valence-corrected chi connectivity index (χ3v) is 4.70. The normalized spacial score (nSPS) is 26.0. The molecule has 3 fully saturated rings. The van der Waals surface area contributed by atoms with Gasteiger partial charge in [-0.05, 0) is 61.9 Å². The van der Waals surface area contributed by atoms with Crippen LogP contribution in [0.2, 0.25) is 0 Å². The van der Waals surface area contributed by atoms with Gasteiger partial charge >= 0.3 is 0 Å². The zero-order chi connectivity index (χ0) is 12.8. The number of nitrogen functional groups attached to an aromatic ring is 1. The molecular formula is C16H19N3. The zero-order valence-corrected chi connectivity index (χ0v) is 11.0. The van der Waals surface area contributed by atoms with E-state index in [1.165, 1.54) is 32.2 Å². The SMILES string of the molecule is Nc1ccc2nc(N3CC4CCC3CC4)ccc2c1. The first kappa shape index (κ1) is 11.1. The standard InChI is InChI=1S/C16H19N3/c17-13-4-7-15-12(9-13)3-8-16(18-15)19-10-11-1-5-14(19)6-2-11/h3-4,7-9,11,14H,1-2,5-6,10,17H2. The van der Waals surface area contributed by atoms with Gasteiger partial charge in [-0.25, -0.2) is 4.98 Å². The number of hydrogen-bond acceptors (Lipinski definition) is 3. The highest BCUT2D eigenvalue weighted by Crippen LogP contribution is 2.37. The van der Waals surface area contributed by atoms with Crippen LogP contribution in [0.3, 0.4) is 0 Å². The number of piperidine rings is 2. The van der Waals surface area contributed by atoms with Crippen LogP contribution in [0.5, 0.6) is 0 Å². The molecule has 1 aliphatic carbocycles. The van der Waals surface area contributed by atoms with Crippen molar-refractivity contribution in [2.45, 2.75) is 31.7 Å². The highest BCUT2D eigenvalue weighted by atomic mass is 15.2. The van der Waals surface area contributed by atoms with Gasteiger partial charge in [0.1, 0.15) is 5.82 Å². The Morgan fingerprint density at radius 1 is 1.05 bits per heavy atom. The summed E-state index contributed by atoms with van der Waals surface area (Å²) in [5.41, 5.74) is 7.67. The molecule has 0 radical (unpaired) electrons. The van der Waals surface area contributed by atoms with Gasteiger partial charge < -0.3 is 10.6 Å². The van der Waals surface area contributed by atoms with E-state index in [4.69, 9.17) is 10.7 Å². The molecule has 3 heterocycles. The molecule has 2 saturated heterocycles. The predicted molar refractivity (Wildman–Crippen MR) is 79.2 cm³/mol. The lowest BCUT2D eigenvalue weighted by Gasteiger charge is -2.46. The number of hydrogen-bond donors (Lipinski definition) is 1.